The molecule has 7 heteroatoms. The van der Waals surface area contributed by atoms with Crippen molar-refractivity contribution in [3.05, 3.63) is 15.6 Å². The molecule has 0 radical (unpaired) electrons. The van der Waals surface area contributed by atoms with E-state index < -0.39 is 11.4 Å². The van der Waals surface area contributed by atoms with E-state index in [1.807, 2.05) is 6.92 Å². The molecule has 2 heterocycles. The van der Waals surface area contributed by atoms with Gasteiger partial charge in [0.05, 0.1) is 17.3 Å². The molecule has 1 aromatic rings. The lowest BCUT2D eigenvalue weighted by Crippen LogP contribution is -2.52. The SMILES string of the molecule is COCC1(C(=O)O)CCCN(C(=O)c2sc(C)nc2CC(C)C)C1. The van der Waals surface area contributed by atoms with Crippen molar-refractivity contribution in [1.29, 1.82) is 0 Å². The molecule has 1 N–H and O–H groups in total. The summed E-state index contributed by atoms with van der Waals surface area (Å²) in [6.45, 7) is 6.97. The first-order valence-corrected chi connectivity index (χ1v) is 9.08. The number of carbonyl (C=O) groups excluding carboxylic acids is 1. The van der Waals surface area contributed by atoms with Crippen molar-refractivity contribution in [3.63, 3.8) is 0 Å². The predicted molar refractivity (Wildman–Crippen MR) is 92.5 cm³/mol. The zero-order valence-corrected chi connectivity index (χ0v) is 15.6. The van der Waals surface area contributed by atoms with Crippen molar-refractivity contribution >= 4 is 23.2 Å². The molecule has 2 rings (SSSR count). The molecule has 1 aliphatic rings. The Labute approximate surface area is 146 Å². The number of nitrogens with zero attached hydrogens (tertiary/aromatic N) is 2. The standard InChI is InChI=1S/C17H26N2O4S/c1-11(2)8-13-14(24-12(3)18-13)15(20)19-7-5-6-17(9-19,10-23-4)16(21)22/h11H,5-10H2,1-4H3,(H,21,22). The summed E-state index contributed by atoms with van der Waals surface area (Å²) in [5, 5.41) is 10.5. The number of methoxy groups -OCH3 is 1. The second kappa shape index (κ2) is 7.61. The van der Waals surface area contributed by atoms with Gasteiger partial charge in [0, 0.05) is 20.2 Å². The Kier molecular flexibility index (Phi) is 5.98. The number of carbonyl (C=O) groups is 2. The van der Waals surface area contributed by atoms with Gasteiger partial charge in [-0.25, -0.2) is 4.98 Å². The summed E-state index contributed by atoms with van der Waals surface area (Å²) in [6.07, 6.45) is 1.95. The van der Waals surface area contributed by atoms with Gasteiger partial charge in [-0.05, 0) is 32.1 Å². The molecule has 1 amide bonds. The monoisotopic (exact) mass is 354 g/mol. The van der Waals surface area contributed by atoms with E-state index in [0.717, 1.165) is 17.1 Å². The molecule has 1 atom stereocenters. The summed E-state index contributed by atoms with van der Waals surface area (Å²) in [7, 11) is 1.50. The number of ether oxygens (including phenoxy) is 1. The van der Waals surface area contributed by atoms with Crippen molar-refractivity contribution < 1.29 is 19.4 Å². The van der Waals surface area contributed by atoms with Gasteiger partial charge in [0.1, 0.15) is 10.3 Å². The quantitative estimate of drug-likeness (QED) is 0.849. The Morgan fingerprint density at radius 3 is 2.75 bits per heavy atom. The maximum atomic E-state index is 13.0. The van der Waals surface area contributed by atoms with E-state index in [1.165, 1.54) is 18.4 Å². The molecule has 1 aromatic heterocycles. The zero-order valence-electron chi connectivity index (χ0n) is 14.8. The summed E-state index contributed by atoms with van der Waals surface area (Å²) >= 11 is 1.40. The highest BCUT2D eigenvalue weighted by Gasteiger charge is 2.44. The number of thiazole rings is 1. The first-order valence-electron chi connectivity index (χ1n) is 8.27. The highest BCUT2D eigenvalue weighted by atomic mass is 32.1. The van der Waals surface area contributed by atoms with Gasteiger partial charge in [-0.1, -0.05) is 13.8 Å². The number of rotatable bonds is 6. The van der Waals surface area contributed by atoms with E-state index in [0.29, 0.717) is 30.2 Å². The van der Waals surface area contributed by atoms with Gasteiger partial charge in [0.25, 0.3) is 5.91 Å². The third kappa shape index (κ3) is 3.95. The van der Waals surface area contributed by atoms with Crippen LogP contribution >= 0.6 is 11.3 Å². The zero-order chi connectivity index (χ0) is 17.9. The summed E-state index contributed by atoms with van der Waals surface area (Å²) in [4.78, 5) is 31.6. The number of aliphatic carboxylic acids is 1. The molecule has 0 saturated carbocycles. The van der Waals surface area contributed by atoms with Crippen molar-refractivity contribution in [1.82, 2.24) is 9.88 Å². The lowest BCUT2D eigenvalue weighted by atomic mass is 9.80. The highest BCUT2D eigenvalue weighted by molar-refractivity contribution is 7.13. The molecule has 1 aliphatic heterocycles. The topological polar surface area (TPSA) is 79.7 Å². The van der Waals surface area contributed by atoms with Crippen LogP contribution in [0.5, 0.6) is 0 Å². The molecule has 0 bridgehead atoms. The Morgan fingerprint density at radius 2 is 2.17 bits per heavy atom. The molecular weight excluding hydrogens is 328 g/mol. The van der Waals surface area contributed by atoms with Crippen molar-refractivity contribution in [2.24, 2.45) is 11.3 Å². The molecule has 1 saturated heterocycles. The van der Waals surface area contributed by atoms with Crippen LogP contribution in [-0.4, -0.2) is 53.7 Å². The normalized spacial score (nSPS) is 21.3. The van der Waals surface area contributed by atoms with Crippen LogP contribution in [0.3, 0.4) is 0 Å². The van der Waals surface area contributed by atoms with Gasteiger partial charge in [-0.15, -0.1) is 11.3 Å². The van der Waals surface area contributed by atoms with Gasteiger partial charge in [-0.2, -0.15) is 0 Å². The van der Waals surface area contributed by atoms with Gasteiger partial charge >= 0.3 is 5.97 Å². The fraction of sp³-hybridized carbons (Fsp3) is 0.706. The number of hydrogen-bond donors (Lipinski definition) is 1. The van der Waals surface area contributed by atoms with Gasteiger partial charge in [0.2, 0.25) is 0 Å². The molecule has 0 aliphatic carbocycles. The smallest absolute Gasteiger partial charge is 0.313 e. The average molecular weight is 354 g/mol. The van der Waals surface area contributed by atoms with E-state index in [2.05, 4.69) is 18.8 Å². The van der Waals surface area contributed by atoms with Crippen LogP contribution < -0.4 is 0 Å². The van der Waals surface area contributed by atoms with Crippen molar-refractivity contribution in [3.8, 4) is 0 Å². The Morgan fingerprint density at radius 1 is 1.46 bits per heavy atom. The minimum atomic E-state index is -1.01. The number of likely N-dealkylation sites (tertiary alicyclic amines) is 1. The minimum absolute atomic E-state index is 0.0994. The summed E-state index contributed by atoms with van der Waals surface area (Å²) < 4.78 is 5.13. The van der Waals surface area contributed by atoms with E-state index >= 15 is 0 Å². The maximum absolute atomic E-state index is 13.0. The number of piperidine rings is 1. The first-order chi connectivity index (χ1) is 11.3. The second-order valence-corrected chi connectivity index (χ2v) is 8.16. The number of carboxylic acid groups (broad SMARTS) is 1. The maximum Gasteiger partial charge on any atom is 0.313 e. The van der Waals surface area contributed by atoms with E-state index in [9.17, 15) is 14.7 Å². The lowest BCUT2D eigenvalue weighted by Gasteiger charge is -2.39. The van der Waals surface area contributed by atoms with Crippen LogP contribution in [-0.2, 0) is 16.0 Å². The number of carboxylic acids is 1. The molecule has 1 fully saturated rings. The van der Waals surface area contributed by atoms with Crippen molar-refractivity contribution in [2.75, 3.05) is 26.8 Å². The second-order valence-electron chi connectivity index (χ2n) is 6.96. The molecular formula is C17H26N2O4S. The fourth-order valence-electron chi connectivity index (χ4n) is 3.24. The number of hydrogen-bond acceptors (Lipinski definition) is 5. The molecule has 0 aromatic carbocycles. The van der Waals surface area contributed by atoms with Crippen molar-refractivity contribution in [2.45, 2.75) is 40.0 Å². The Bertz CT molecular complexity index is 610. The van der Waals surface area contributed by atoms with Gasteiger partial charge in [-0.3, -0.25) is 9.59 Å². The largest absolute Gasteiger partial charge is 0.481 e. The van der Waals surface area contributed by atoms with Crippen LogP contribution in [0, 0.1) is 18.3 Å². The Hall–Kier alpha value is -1.47. The van der Waals surface area contributed by atoms with Crippen LogP contribution in [0.1, 0.15) is 47.1 Å². The number of aromatic nitrogens is 1. The van der Waals surface area contributed by atoms with Gasteiger partial charge in [0.15, 0.2) is 0 Å². The molecule has 1 unspecified atom stereocenters. The summed E-state index contributed by atoms with van der Waals surface area (Å²) in [5.41, 5.74) is -0.184. The molecule has 24 heavy (non-hydrogen) atoms. The highest BCUT2D eigenvalue weighted by Crippen LogP contribution is 2.33. The van der Waals surface area contributed by atoms with Crippen LogP contribution in [0.2, 0.25) is 0 Å². The van der Waals surface area contributed by atoms with Crippen LogP contribution in [0.4, 0.5) is 0 Å². The predicted octanol–water partition coefficient (Wildman–Crippen LogP) is 2.60. The number of aryl methyl sites for hydroxylation is 1. The summed E-state index contributed by atoms with van der Waals surface area (Å²) in [6, 6.07) is 0. The third-order valence-electron chi connectivity index (χ3n) is 4.34. The van der Waals surface area contributed by atoms with E-state index in [1.54, 1.807) is 4.90 Å². The molecule has 134 valence electrons. The fourth-order valence-corrected chi connectivity index (χ4v) is 4.16. The van der Waals surface area contributed by atoms with Crippen LogP contribution in [0.15, 0.2) is 0 Å². The van der Waals surface area contributed by atoms with Gasteiger partial charge < -0.3 is 14.7 Å². The molecule has 6 nitrogen and oxygen atoms in total. The number of amides is 1. The lowest BCUT2D eigenvalue weighted by molar-refractivity contribution is -0.155. The minimum Gasteiger partial charge on any atom is -0.481 e. The average Bonchev–Trinajstić information content (AvgIpc) is 2.86. The third-order valence-corrected chi connectivity index (χ3v) is 5.34. The summed E-state index contributed by atoms with van der Waals surface area (Å²) in [5.74, 6) is -0.589. The van der Waals surface area contributed by atoms with E-state index in [4.69, 9.17) is 4.74 Å². The Balaban J connectivity index is 2.25. The van der Waals surface area contributed by atoms with Crippen LogP contribution in [0.25, 0.3) is 0 Å². The first kappa shape index (κ1) is 18.9. The molecule has 0 spiro atoms. The van der Waals surface area contributed by atoms with E-state index in [-0.39, 0.29) is 19.1 Å².